The van der Waals surface area contributed by atoms with Crippen LogP contribution in [0.1, 0.15) is 36.4 Å². The van der Waals surface area contributed by atoms with Crippen LogP contribution in [0.15, 0.2) is 42.6 Å². The molecule has 0 unspecified atom stereocenters. The molecule has 4 nitrogen and oxygen atoms in total. The Morgan fingerprint density at radius 2 is 2.04 bits per heavy atom. The van der Waals surface area contributed by atoms with Gasteiger partial charge in [0.25, 0.3) is 0 Å². The van der Waals surface area contributed by atoms with E-state index < -0.39 is 0 Å². The van der Waals surface area contributed by atoms with Gasteiger partial charge in [-0.1, -0.05) is 35.9 Å². The summed E-state index contributed by atoms with van der Waals surface area (Å²) in [6.07, 6.45) is 6.17. The second-order valence-electron chi connectivity index (χ2n) is 6.55. The minimum atomic E-state index is -0.0267. The number of fused-ring (bicyclic) bond motifs is 1. The van der Waals surface area contributed by atoms with E-state index in [2.05, 4.69) is 39.5 Å². The molecule has 4 rings (SSSR count). The van der Waals surface area contributed by atoms with E-state index in [4.69, 9.17) is 11.6 Å². The minimum Gasteiger partial charge on any atom is -0.322 e. The lowest BCUT2D eigenvalue weighted by Crippen LogP contribution is -2.37. The summed E-state index contributed by atoms with van der Waals surface area (Å²) < 4.78 is 0. The van der Waals surface area contributed by atoms with E-state index in [9.17, 15) is 4.79 Å². The Bertz CT molecular complexity index is 760. The number of halogens is 1. The third-order valence-corrected chi connectivity index (χ3v) is 5.18. The summed E-state index contributed by atoms with van der Waals surface area (Å²) >= 11 is 6.03. The molecular formula is C19H20ClN3O. The number of aromatic nitrogens is 1. The lowest BCUT2D eigenvalue weighted by Gasteiger charge is -2.29. The van der Waals surface area contributed by atoms with Gasteiger partial charge >= 0.3 is 0 Å². The molecular weight excluding hydrogens is 322 g/mol. The van der Waals surface area contributed by atoms with Crippen LogP contribution in [0.3, 0.4) is 0 Å². The summed E-state index contributed by atoms with van der Waals surface area (Å²) in [7, 11) is 0. The molecule has 2 aromatic rings. The number of nitrogens with one attached hydrogen (secondary N) is 1. The Morgan fingerprint density at radius 3 is 2.83 bits per heavy atom. The van der Waals surface area contributed by atoms with Crippen LogP contribution >= 0.6 is 11.6 Å². The molecule has 124 valence electrons. The Labute approximate surface area is 146 Å². The molecule has 1 heterocycles. The molecule has 2 aliphatic carbocycles. The maximum Gasteiger partial charge on any atom is 0.238 e. The Balaban J connectivity index is 1.49. The molecule has 24 heavy (non-hydrogen) atoms. The molecule has 1 fully saturated rings. The summed E-state index contributed by atoms with van der Waals surface area (Å²) in [5.74, 6) is -0.0267. The summed E-state index contributed by atoms with van der Waals surface area (Å²) in [5, 5.41) is 3.22. The first kappa shape index (κ1) is 15.6. The third-order valence-electron chi connectivity index (χ3n) is 4.88. The molecule has 1 N–H and O–H groups in total. The smallest absolute Gasteiger partial charge is 0.238 e. The van der Waals surface area contributed by atoms with Crippen molar-refractivity contribution in [2.75, 3.05) is 11.9 Å². The van der Waals surface area contributed by atoms with Crippen LogP contribution in [-0.2, 0) is 11.2 Å². The zero-order chi connectivity index (χ0) is 16.5. The number of carbonyl (C=O) groups is 1. The number of anilines is 1. The summed E-state index contributed by atoms with van der Waals surface area (Å²) in [6.45, 7) is 0.398. The van der Waals surface area contributed by atoms with Crippen molar-refractivity contribution in [3.63, 3.8) is 0 Å². The van der Waals surface area contributed by atoms with E-state index in [1.54, 1.807) is 18.3 Å². The second-order valence-corrected chi connectivity index (χ2v) is 6.90. The zero-order valence-corrected chi connectivity index (χ0v) is 14.2. The van der Waals surface area contributed by atoms with Gasteiger partial charge in [0.15, 0.2) is 5.15 Å². The van der Waals surface area contributed by atoms with Crippen LogP contribution in [0.5, 0.6) is 0 Å². The third kappa shape index (κ3) is 3.17. The molecule has 0 aliphatic heterocycles. The number of rotatable bonds is 5. The number of pyridine rings is 1. The number of carbonyl (C=O) groups excluding carboxylic acids is 1. The van der Waals surface area contributed by atoms with Crippen LogP contribution in [-0.4, -0.2) is 28.4 Å². The quantitative estimate of drug-likeness (QED) is 0.841. The summed E-state index contributed by atoms with van der Waals surface area (Å²) in [4.78, 5) is 18.9. The number of nitrogens with zero attached hydrogens (tertiary/aromatic N) is 2. The predicted molar refractivity (Wildman–Crippen MR) is 95.1 cm³/mol. The molecule has 0 radical (unpaired) electrons. The van der Waals surface area contributed by atoms with E-state index in [0.717, 1.165) is 12.8 Å². The molecule has 0 bridgehead atoms. The fourth-order valence-electron chi connectivity index (χ4n) is 3.61. The maximum atomic E-state index is 12.5. The van der Waals surface area contributed by atoms with Gasteiger partial charge < -0.3 is 5.32 Å². The summed E-state index contributed by atoms with van der Waals surface area (Å²) in [5.41, 5.74) is 3.38. The van der Waals surface area contributed by atoms with Crippen molar-refractivity contribution >= 4 is 23.2 Å². The first-order valence-corrected chi connectivity index (χ1v) is 8.84. The minimum absolute atomic E-state index is 0.0267. The zero-order valence-electron chi connectivity index (χ0n) is 13.4. The van der Waals surface area contributed by atoms with Crippen LogP contribution in [0.4, 0.5) is 5.69 Å². The SMILES string of the molecule is O=C(CN(C1CC1)[C@@H]1CCc2ccccc21)Nc1cccnc1Cl. The van der Waals surface area contributed by atoms with E-state index in [-0.39, 0.29) is 5.91 Å². The topological polar surface area (TPSA) is 45.2 Å². The van der Waals surface area contributed by atoms with E-state index in [1.165, 1.54) is 24.0 Å². The first-order chi connectivity index (χ1) is 11.7. The van der Waals surface area contributed by atoms with Crippen molar-refractivity contribution in [1.82, 2.24) is 9.88 Å². The Kier molecular flexibility index (Phi) is 4.25. The maximum absolute atomic E-state index is 12.5. The molecule has 1 amide bonds. The van der Waals surface area contributed by atoms with Crippen LogP contribution in [0, 0.1) is 0 Å². The molecule has 0 spiro atoms. The van der Waals surface area contributed by atoms with Crippen molar-refractivity contribution in [2.45, 2.75) is 37.8 Å². The lowest BCUT2D eigenvalue weighted by molar-refractivity contribution is -0.118. The van der Waals surface area contributed by atoms with Crippen molar-refractivity contribution in [1.29, 1.82) is 0 Å². The highest BCUT2D eigenvalue weighted by Crippen LogP contribution is 2.41. The monoisotopic (exact) mass is 341 g/mol. The summed E-state index contributed by atoms with van der Waals surface area (Å²) in [6, 6.07) is 13.0. The van der Waals surface area contributed by atoms with Gasteiger partial charge in [-0.3, -0.25) is 9.69 Å². The predicted octanol–water partition coefficient (Wildman–Crippen LogP) is 3.83. The lowest BCUT2D eigenvalue weighted by atomic mass is 10.1. The average molecular weight is 342 g/mol. The van der Waals surface area contributed by atoms with E-state index in [1.807, 2.05) is 0 Å². The van der Waals surface area contributed by atoms with Crippen molar-refractivity contribution in [3.8, 4) is 0 Å². The largest absolute Gasteiger partial charge is 0.322 e. The molecule has 1 aromatic carbocycles. The van der Waals surface area contributed by atoms with Gasteiger partial charge in [-0.15, -0.1) is 0 Å². The molecule has 5 heteroatoms. The van der Waals surface area contributed by atoms with Gasteiger partial charge in [-0.05, 0) is 48.9 Å². The number of hydrogen-bond donors (Lipinski definition) is 1. The van der Waals surface area contributed by atoms with E-state index >= 15 is 0 Å². The highest BCUT2D eigenvalue weighted by atomic mass is 35.5. The van der Waals surface area contributed by atoms with Gasteiger partial charge in [-0.25, -0.2) is 4.98 Å². The van der Waals surface area contributed by atoms with Gasteiger partial charge in [0.05, 0.1) is 12.2 Å². The molecule has 1 saturated carbocycles. The first-order valence-electron chi connectivity index (χ1n) is 8.46. The average Bonchev–Trinajstić information content (AvgIpc) is 3.34. The standard InChI is InChI=1S/C19H20ClN3O/c20-19-16(6-3-11-21-19)22-18(24)12-23(14-8-9-14)17-10-7-13-4-1-2-5-15(13)17/h1-6,11,14,17H,7-10,12H2,(H,22,24)/t17-/m1/s1. The fourth-order valence-corrected chi connectivity index (χ4v) is 3.78. The highest BCUT2D eigenvalue weighted by molar-refractivity contribution is 6.32. The second kappa shape index (κ2) is 6.54. The molecule has 1 aromatic heterocycles. The number of amides is 1. The van der Waals surface area contributed by atoms with E-state index in [0.29, 0.717) is 29.5 Å². The number of benzene rings is 1. The fraction of sp³-hybridized carbons (Fsp3) is 0.368. The normalized spacial score (nSPS) is 19.3. The van der Waals surface area contributed by atoms with Crippen molar-refractivity contribution < 1.29 is 4.79 Å². The van der Waals surface area contributed by atoms with Crippen molar-refractivity contribution in [2.24, 2.45) is 0 Å². The van der Waals surface area contributed by atoms with Gasteiger partial charge in [-0.2, -0.15) is 0 Å². The van der Waals surface area contributed by atoms with Crippen molar-refractivity contribution in [3.05, 3.63) is 58.9 Å². The molecule has 2 aliphatic rings. The van der Waals surface area contributed by atoms with Crippen LogP contribution in [0.25, 0.3) is 0 Å². The van der Waals surface area contributed by atoms with Gasteiger partial charge in [0.2, 0.25) is 5.91 Å². The number of hydrogen-bond acceptors (Lipinski definition) is 3. The number of aryl methyl sites for hydroxylation is 1. The highest BCUT2D eigenvalue weighted by Gasteiger charge is 2.38. The molecule has 0 saturated heterocycles. The van der Waals surface area contributed by atoms with Gasteiger partial charge in [0, 0.05) is 18.3 Å². The van der Waals surface area contributed by atoms with Gasteiger partial charge in [0.1, 0.15) is 0 Å². The van der Waals surface area contributed by atoms with Crippen LogP contribution < -0.4 is 5.32 Å². The Morgan fingerprint density at radius 1 is 1.21 bits per heavy atom. The van der Waals surface area contributed by atoms with Crippen LogP contribution in [0.2, 0.25) is 5.15 Å². The molecule has 1 atom stereocenters. The Hall–Kier alpha value is -1.91.